The summed E-state index contributed by atoms with van der Waals surface area (Å²) in [6, 6.07) is 5.76. The molecule has 1 fully saturated rings. The number of hydrogen-bond donors (Lipinski definition) is 1. The molecule has 19 heavy (non-hydrogen) atoms. The molecule has 0 aliphatic carbocycles. The van der Waals surface area contributed by atoms with Crippen molar-refractivity contribution in [3.05, 3.63) is 34.3 Å². The van der Waals surface area contributed by atoms with Gasteiger partial charge in [-0.25, -0.2) is 0 Å². The van der Waals surface area contributed by atoms with Crippen molar-refractivity contribution in [2.45, 2.75) is 51.8 Å². The van der Waals surface area contributed by atoms with Gasteiger partial charge < -0.3 is 15.0 Å². The summed E-state index contributed by atoms with van der Waals surface area (Å²) >= 11 is 6.03. The van der Waals surface area contributed by atoms with Crippen molar-refractivity contribution in [3.8, 4) is 0 Å². The van der Waals surface area contributed by atoms with Crippen LogP contribution < -0.4 is 5.73 Å². The number of benzene rings is 1. The summed E-state index contributed by atoms with van der Waals surface area (Å²) in [6.07, 6.45) is 0. The zero-order valence-corrected chi connectivity index (χ0v) is 12.9. The fourth-order valence-corrected chi connectivity index (χ4v) is 2.19. The standard InChI is InChI=1S/C14H21BClNO2/c1-9-8-10(6-7-11(9)16)12(17)15-18-13(2,3)14(4,5)19-15/h6-8,12H,17H2,1-5H3/t12-/m1/s1. The van der Waals surface area contributed by atoms with Gasteiger partial charge in [-0.1, -0.05) is 23.7 Å². The Balaban J connectivity index is 2.22. The summed E-state index contributed by atoms with van der Waals surface area (Å²) in [5.41, 5.74) is 7.52. The number of hydrogen-bond acceptors (Lipinski definition) is 3. The van der Waals surface area contributed by atoms with E-state index in [1.165, 1.54) is 0 Å². The van der Waals surface area contributed by atoms with Crippen LogP contribution in [0.1, 0.15) is 44.8 Å². The minimum absolute atomic E-state index is 0.322. The SMILES string of the molecule is Cc1cc([C@@H](N)B2OC(C)(C)C(C)(C)O2)ccc1Cl. The molecule has 0 bridgehead atoms. The molecule has 3 nitrogen and oxygen atoms in total. The van der Waals surface area contributed by atoms with E-state index in [9.17, 15) is 0 Å². The highest BCUT2D eigenvalue weighted by atomic mass is 35.5. The third-order valence-corrected chi connectivity index (χ3v) is 4.56. The molecule has 1 aromatic carbocycles. The second-order valence-corrected chi connectivity index (χ2v) is 6.57. The first-order chi connectivity index (χ1) is 8.64. The lowest BCUT2D eigenvalue weighted by Gasteiger charge is -2.32. The summed E-state index contributed by atoms with van der Waals surface area (Å²) in [5.74, 6) is -0.322. The molecule has 1 aromatic rings. The van der Waals surface area contributed by atoms with Gasteiger partial charge in [-0.3, -0.25) is 0 Å². The van der Waals surface area contributed by atoms with Gasteiger partial charge in [0.25, 0.3) is 0 Å². The summed E-state index contributed by atoms with van der Waals surface area (Å²) in [7, 11) is -0.439. The van der Waals surface area contributed by atoms with Crippen molar-refractivity contribution in [3.63, 3.8) is 0 Å². The zero-order chi connectivity index (χ0) is 14.4. The fourth-order valence-electron chi connectivity index (χ4n) is 2.07. The van der Waals surface area contributed by atoms with E-state index in [2.05, 4.69) is 0 Å². The van der Waals surface area contributed by atoms with Crippen molar-refractivity contribution in [1.29, 1.82) is 0 Å². The average molecular weight is 282 g/mol. The van der Waals surface area contributed by atoms with Crippen LogP contribution in [0.2, 0.25) is 5.02 Å². The van der Waals surface area contributed by atoms with Crippen LogP contribution in [0, 0.1) is 6.92 Å². The van der Waals surface area contributed by atoms with E-state index in [0.29, 0.717) is 0 Å². The van der Waals surface area contributed by atoms with Crippen molar-refractivity contribution < 1.29 is 9.31 Å². The maximum Gasteiger partial charge on any atom is 0.480 e. The lowest BCUT2D eigenvalue weighted by atomic mass is 9.74. The molecule has 0 radical (unpaired) electrons. The van der Waals surface area contributed by atoms with Gasteiger partial charge in [0.2, 0.25) is 0 Å². The molecule has 2 rings (SSSR count). The van der Waals surface area contributed by atoms with E-state index in [1.807, 2.05) is 52.8 Å². The first kappa shape index (κ1) is 14.9. The molecule has 0 aromatic heterocycles. The number of halogens is 1. The number of nitrogens with two attached hydrogens (primary N) is 1. The van der Waals surface area contributed by atoms with E-state index >= 15 is 0 Å². The third kappa shape index (κ3) is 2.68. The van der Waals surface area contributed by atoms with Gasteiger partial charge in [-0.2, -0.15) is 0 Å². The van der Waals surface area contributed by atoms with E-state index in [1.54, 1.807) is 0 Å². The summed E-state index contributed by atoms with van der Waals surface area (Å²) in [5, 5.41) is 0.741. The molecule has 0 saturated carbocycles. The predicted octanol–water partition coefficient (Wildman–Crippen LogP) is 3.28. The van der Waals surface area contributed by atoms with Gasteiger partial charge in [0.15, 0.2) is 0 Å². The van der Waals surface area contributed by atoms with Crippen LogP contribution in [0.4, 0.5) is 0 Å². The summed E-state index contributed by atoms with van der Waals surface area (Å²) in [6.45, 7) is 10.0. The molecule has 1 heterocycles. The van der Waals surface area contributed by atoms with Crippen LogP contribution in [-0.2, 0) is 9.31 Å². The smallest absolute Gasteiger partial charge is 0.402 e. The molecule has 1 aliphatic heterocycles. The molecule has 5 heteroatoms. The fraction of sp³-hybridized carbons (Fsp3) is 0.571. The first-order valence-corrected chi connectivity index (χ1v) is 6.89. The Morgan fingerprint density at radius 3 is 2.16 bits per heavy atom. The summed E-state index contributed by atoms with van der Waals surface area (Å²) in [4.78, 5) is 0. The van der Waals surface area contributed by atoms with Gasteiger partial charge in [0, 0.05) is 5.02 Å². The Hall–Kier alpha value is -0.545. The van der Waals surface area contributed by atoms with Gasteiger partial charge in [0.1, 0.15) is 0 Å². The van der Waals surface area contributed by atoms with Crippen LogP contribution >= 0.6 is 11.6 Å². The van der Waals surface area contributed by atoms with Crippen LogP contribution in [-0.4, -0.2) is 18.3 Å². The monoisotopic (exact) mass is 281 g/mol. The molecule has 0 unspecified atom stereocenters. The normalized spacial score (nSPS) is 22.6. The van der Waals surface area contributed by atoms with Crippen molar-refractivity contribution >= 4 is 18.7 Å². The Labute approximate surface area is 120 Å². The highest BCUT2D eigenvalue weighted by molar-refractivity contribution is 6.47. The largest absolute Gasteiger partial charge is 0.480 e. The molecule has 0 amide bonds. The van der Waals surface area contributed by atoms with Crippen LogP contribution in [0.5, 0.6) is 0 Å². The quantitative estimate of drug-likeness (QED) is 0.846. The van der Waals surface area contributed by atoms with E-state index in [0.717, 1.165) is 16.1 Å². The highest BCUT2D eigenvalue weighted by Gasteiger charge is 2.53. The molecule has 1 saturated heterocycles. The van der Waals surface area contributed by atoms with Crippen molar-refractivity contribution in [2.75, 3.05) is 0 Å². The maximum atomic E-state index is 6.27. The van der Waals surface area contributed by atoms with Crippen LogP contribution in [0.25, 0.3) is 0 Å². The molecule has 104 valence electrons. The van der Waals surface area contributed by atoms with Gasteiger partial charge in [0.05, 0.1) is 17.1 Å². The first-order valence-electron chi connectivity index (χ1n) is 6.51. The second-order valence-electron chi connectivity index (χ2n) is 6.16. The van der Waals surface area contributed by atoms with Gasteiger partial charge >= 0.3 is 7.12 Å². The lowest BCUT2D eigenvalue weighted by molar-refractivity contribution is 0.00578. The minimum atomic E-state index is -0.439. The molecule has 1 aliphatic rings. The van der Waals surface area contributed by atoms with E-state index in [-0.39, 0.29) is 17.1 Å². The summed E-state index contributed by atoms with van der Waals surface area (Å²) < 4.78 is 11.9. The van der Waals surface area contributed by atoms with Gasteiger partial charge in [-0.05, 0) is 51.8 Å². The van der Waals surface area contributed by atoms with Crippen molar-refractivity contribution in [2.24, 2.45) is 5.73 Å². The van der Waals surface area contributed by atoms with Gasteiger partial charge in [-0.15, -0.1) is 0 Å². The van der Waals surface area contributed by atoms with Crippen LogP contribution in [0.3, 0.4) is 0 Å². The van der Waals surface area contributed by atoms with Crippen molar-refractivity contribution in [1.82, 2.24) is 0 Å². The Kier molecular flexibility index (Phi) is 3.73. The van der Waals surface area contributed by atoms with E-state index in [4.69, 9.17) is 26.6 Å². The average Bonchev–Trinajstić information content (AvgIpc) is 2.51. The molecule has 1 atom stereocenters. The Bertz CT molecular complexity index is 474. The molecular formula is C14H21BClNO2. The molecule has 2 N–H and O–H groups in total. The number of rotatable bonds is 2. The lowest BCUT2D eigenvalue weighted by Crippen LogP contribution is -2.41. The third-order valence-electron chi connectivity index (χ3n) is 4.13. The maximum absolute atomic E-state index is 6.27. The second kappa shape index (κ2) is 4.78. The number of aryl methyl sites for hydroxylation is 1. The Morgan fingerprint density at radius 1 is 1.16 bits per heavy atom. The van der Waals surface area contributed by atoms with Crippen LogP contribution in [0.15, 0.2) is 18.2 Å². The van der Waals surface area contributed by atoms with E-state index < -0.39 is 7.12 Å². The highest BCUT2D eigenvalue weighted by Crippen LogP contribution is 2.39. The molecular weight excluding hydrogens is 260 g/mol. The Morgan fingerprint density at radius 2 is 1.68 bits per heavy atom. The topological polar surface area (TPSA) is 44.5 Å². The molecule has 0 spiro atoms. The predicted molar refractivity (Wildman–Crippen MR) is 79.2 cm³/mol. The minimum Gasteiger partial charge on any atom is -0.402 e. The zero-order valence-electron chi connectivity index (χ0n) is 12.2.